The number of halogens is 4. The Bertz CT molecular complexity index is 1470. The Morgan fingerprint density at radius 1 is 1.02 bits per heavy atom. The van der Waals surface area contributed by atoms with Crippen molar-refractivity contribution in [1.82, 2.24) is 24.9 Å². The van der Waals surface area contributed by atoms with Crippen molar-refractivity contribution in [2.75, 3.05) is 63.4 Å². The summed E-state index contributed by atoms with van der Waals surface area (Å²) in [4.78, 5) is 47.4. The van der Waals surface area contributed by atoms with E-state index in [1.54, 1.807) is 9.80 Å². The molecule has 0 aliphatic carbocycles. The lowest BCUT2D eigenvalue weighted by Crippen LogP contribution is -2.54. The van der Waals surface area contributed by atoms with E-state index in [1.165, 1.54) is 22.3 Å². The van der Waals surface area contributed by atoms with Crippen LogP contribution in [0.15, 0.2) is 23.6 Å². The molecule has 4 amide bonds. The minimum Gasteiger partial charge on any atom is -0.436 e. The summed E-state index contributed by atoms with van der Waals surface area (Å²) in [5.74, 6) is -0.454. The smallest absolute Gasteiger partial charge is 0.418 e. The van der Waals surface area contributed by atoms with E-state index in [0.29, 0.717) is 51.6 Å². The Morgan fingerprint density at radius 3 is 2.36 bits per heavy atom. The predicted molar refractivity (Wildman–Crippen MR) is 172 cm³/mol. The molecule has 16 heteroatoms. The average Bonchev–Trinajstić information content (AvgIpc) is 3.52. The van der Waals surface area contributed by atoms with Crippen molar-refractivity contribution in [2.45, 2.75) is 63.0 Å². The summed E-state index contributed by atoms with van der Waals surface area (Å²) in [6, 6.07) is 4.20. The zero-order valence-electron chi connectivity index (χ0n) is 25.9. The number of fused-ring (bicyclic) bond motifs is 1. The van der Waals surface area contributed by atoms with Crippen LogP contribution in [0.25, 0.3) is 0 Å². The minimum atomic E-state index is -4.76. The van der Waals surface area contributed by atoms with E-state index in [9.17, 15) is 27.6 Å². The van der Waals surface area contributed by atoms with E-state index < -0.39 is 35.5 Å². The summed E-state index contributed by atoms with van der Waals surface area (Å²) in [6.45, 7) is 5.70. The van der Waals surface area contributed by atoms with E-state index in [-0.39, 0.29) is 29.1 Å². The van der Waals surface area contributed by atoms with Gasteiger partial charge in [0.1, 0.15) is 5.00 Å². The second-order valence-electron chi connectivity index (χ2n) is 12.5. The van der Waals surface area contributed by atoms with Gasteiger partial charge in [0.2, 0.25) is 0 Å². The molecule has 5 heterocycles. The van der Waals surface area contributed by atoms with Crippen LogP contribution in [0.1, 0.15) is 42.4 Å². The van der Waals surface area contributed by atoms with Gasteiger partial charge in [0.05, 0.1) is 22.8 Å². The van der Waals surface area contributed by atoms with Gasteiger partial charge < -0.3 is 30.5 Å². The van der Waals surface area contributed by atoms with Crippen LogP contribution in [0, 0.1) is 0 Å². The maximum absolute atomic E-state index is 13.9. The van der Waals surface area contributed by atoms with E-state index >= 15 is 0 Å². The molecule has 0 unspecified atom stereocenters. The van der Waals surface area contributed by atoms with Gasteiger partial charge in [0.15, 0.2) is 6.10 Å². The van der Waals surface area contributed by atoms with Crippen LogP contribution >= 0.6 is 22.9 Å². The van der Waals surface area contributed by atoms with Crippen LogP contribution in [-0.2, 0) is 28.7 Å². The molecule has 6 rings (SSSR count). The monoisotopic (exact) mass is 697 g/mol. The van der Waals surface area contributed by atoms with Gasteiger partial charge in [-0.3, -0.25) is 15.0 Å². The topological polar surface area (TPSA) is 123 Å². The number of nitrogen functional groups attached to an aromatic ring is 1. The highest BCUT2D eigenvalue weighted by atomic mass is 35.5. The third kappa shape index (κ3) is 7.58. The Labute approximate surface area is 280 Å². The highest BCUT2D eigenvalue weighted by Crippen LogP contribution is 2.38. The summed E-state index contributed by atoms with van der Waals surface area (Å²) in [7, 11) is 0. The van der Waals surface area contributed by atoms with Gasteiger partial charge in [-0.1, -0.05) is 11.6 Å². The van der Waals surface area contributed by atoms with Crippen molar-refractivity contribution >= 4 is 51.7 Å². The fourth-order valence-electron chi connectivity index (χ4n) is 6.97. The van der Waals surface area contributed by atoms with Crippen LogP contribution in [0.4, 0.5) is 33.4 Å². The number of anilines is 2. The molecule has 0 spiro atoms. The van der Waals surface area contributed by atoms with Gasteiger partial charge in [-0.15, -0.1) is 11.3 Å². The largest absolute Gasteiger partial charge is 0.436 e. The fourth-order valence-corrected chi connectivity index (χ4v) is 8.01. The third-order valence-corrected chi connectivity index (χ3v) is 10.8. The normalized spacial score (nSPS) is 20.9. The van der Waals surface area contributed by atoms with Gasteiger partial charge in [-0.25, -0.2) is 9.59 Å². The lowest BCUT2D eigenvalue weighted by molar-refractivity contribution is -0.142. The number of alkyl halides is 3. The van der Waals surface area contributed by atoms with Crippen molar-refractivity contribution in [3.05, 3.63) is 45.3 Å². The number of urea groups is 1. The van der Waals surface area contributed by atoms with Crippen molar-refractivity contribution < 1.29 is 32.3 Å². The first-order valence-electron chi connectivity index (χ1n) is 16.0. The fraction of sp³-hybridized carbons (Fsp3) is 0.581. The molecule has 11 nitrogen and oxygen atoms in total. The van der Waals surface area contributed by atoms with E-state index in [1.807, 2.05) is 11.4 Å². The summed E-state index contributed by atoms with van der Waals surface area (Å²) < 4.78 is 47.0. The van der Waals surface area contributed by atoms with Crippen LogP contribution in [-0.4, -0.2) is 108 Å². The highest BCUT2D eigenvalue weighted by Gasteiger charge is 2.38. The maximum Gasteiger partial charge on any atom is 0.418 e. The molecule has 1 aromatic carbocycles. The summed E-state index contributed by atoms with van der Waals surface area (Å²) in [5, 5.41) is 8.75. The highest BCUT2D eigenvalue weighted by molar-refractivity contribution is 7.14. The molecule has 47 heavy (non-hydrogen) atoms. The van der Waals surface area contributed by atoms with E-state index in [4.69, 9.17) is 22.1 Å². The number of carbonyl (C=O) groups is 3. The number of thiophene rings is 1. The Morgan fingerprint density at radius 2 is 1.68 bits per heavy atom. The molecule has 1 aromatic heterocycles. The Hall–Kier alpha value is -3.27. The number of benzene rings is 1. The molecule has 2 aromatic rings. The molecule has 4 aliphatic heterocycles. The molecular weight excluding hydrogens is 659 g/mol. The second kappa shape index (κ2) is 14.1. The second-order valence-corrected chi connectivity index (χ2v) is 13.8. The van der Waals surface area contributed by atoms with Gasteiger partial charge in [-0.05, 0) is 54.8 Å². The average molecular weight is 698 g/mol. The summed E-state index contributed by atoms with van der Waals surface area (Å²) in [5.41, 5.74) is 5.06. The Kier molecular flexibility index (Phi) is 10.1. The minimum absolute atomic E-state index is 0.0841. The predicted octanol–water partition coefficient (Wildman–Crippen LogP) is 4.46. The number of amides is 4. The van der Waals surface area contributed by atoms with Crippen molar-refractivity contribution in [2.24, 2.45) is 0 Å². The number of carbonyl (C=O) groups excluding carboxylic acids is 3. The quantitative estimate of drug-likeness (QED) is 0.381. The van der Waals surface area contributed by atoms with Crippen LogP contribution in [0.2, 0.25) is 5.02 Å². The summed E-state index contributed by atoms with van der Waals surface area (Å²) in [6.07, 6.45) is -4.60. The first kappa shape index (κ1) is 33.6. The molecule has 1 atom stereocenters. The van der Waals surface area contributed by atoms with Crippen LogP contribution in [0.5, 0.6) is 0 Å². The Balaban J connectivity index is 1.13. The number of likely N-dealkylation sites (tertiary alicyclic amines) is 2. The van der Waals surface area contributed by atoms with Crippen molar-refractivity contribution in [1.29, 1.82) is 0 Å². The number of hydrogen-bond acceptors (Lipinski definition) is 8. The van der Waals surface area contributed by atoms with Gasteiger partial charge in [-0.2, -0.15) is 13.2 Å². The maximum atomic E-state index is 13.9. The number of rotatable bonds is 6. The first-order chi connectivity index (χ1) is 22.5. The SMILES string of the molecule is Nc1c(Cl)cc(C[C@@H](OC(=O)N2CCC(N3Cc4ccsc4NC3=O)CC2)C(=O)N2CCC(N3CCNCC3)CC2)cc1C(F)(F)F. The van der Waals surface area contributed by atoms with Crippen molar-refractivity contribution in [3.8, 4) is 0 Å². The number of hydrogen-bond donors (Lipinski definition) is 3. The lowest BCUT2D eigenvalue weighted by Gasteiger charge is -2.41. The molecular formula is C31H39ClF3N7O4S. The number of ether oxygens (including phenoxy) is 1. The molecule has 0 bridgehead atoms. The summed E-state index contributed by atoms with van der Waals surface area (Å²) >= 11 is 7.56. The first-order valence-corrected chi connectivity index (χ1v) is 17.2. The number of piperazine rings is 1. The van der Waals surface area contributed by atoms with Gasteiger partial charge >= 0.3 is 18.3 Å². The lowest BCUT2D eigenvalue weighted by atomic mass is 9.99. The number of nitrogens with two attached hydrogens (primary N) is 1. The molecule has 4 aliphatic rings. The molecule has 3 fully saturated rings. The van der Waals surface area contributed by atoms with E-state index in [0.717, 1.165) is 55.7 Å². The van der Waals surface area contributed by atoms with Crippen LogP contribution < -0.4 is 16.4 Å². The molecule has 256 valence electrons. The van der Waals surface area contributed by atoms with E-state index in [2.05, 4.69) is 15.5 Å². The third-order valence-electron chi connectivity index (χ3n) is 9.61. The molecule has 3 saturated heterocycles. The molecule has 0 saturated carbocycles. The number of nitrogens with zero attached hydrogens (tertiary/aromatic N) is 4. The van der Waals surface area contributed by atoms with Crippen LogP contribution in [0.3, 0.4) is 0 Å². The van der Waals surface area contributed by atoms with Gasteiger partial charge in [0.25, 0.3) is 5.91 Å². The molecule has 4 N–H and O–H groups in total. The zero-order valence-corrected chi connectivity index (χ0v) is 27.4. The zero-order chi connectivity index (χ0) is 33.3. The number of nitrogens with one attached hydrogen (secondary N) is 2. The van der Waals surface area contributed by atoms with Crippen molar-refractivity contribution in [3.63, 3.8) is 0 Å². The standard InChI is InChI=1S/C31H39ClF3N7O4S/c32-24-16-19(15-23(26(24)36)31(33,34)35)17-25(28(43)40-8-1-21(2-9-40)39-12-6-37-7-13-39)46-30(45)41-10-3-22(4-11-41)42-18-20-5-14-47-27(20)38-29(42)44/h5,14-16,21-22,25,37H,1-4,6-13,17-18,36H2,(H,38,44)/t25-/m1/s1. The van der Waals surface area contributed by atoms with Gasteiger partial charge in [0, 0.05) is 76.4 Å². The number of piperidine rings is 2. The molecule has 0 radical (unpaired) electrons.